The first-order valence-electron chi connectivity index (χ1n) is 4.68. The Labute approximate surface area is 86.1 Å². The number of rotatable bonds is 3. The van der Waals surface area contributed by atoms with Crippen molar-refractivity contribution in [2.24, 2.45) is 5.73 Å². The molecule has 0 aliphatic rings. The fraction of sp³-hybridized carbons (Fsp3) is 0.182. The minimum atomic E-state index is -1.47. The lowest BCUT2D eigenvalue weighted by Gasteiger charge is -2.03. The van der Waals surface area contributed by atoms with Gasteiger partial charge in [-0.25, -0.2) is 0 Å². The highest BCUT2D eigenvalue weighted by Crippen LogP contribution is 2.18. The van der Waals surface area contributed by atoms with E-state index in [0.29, 0.717) is 0 Å². The van der Waals surface area contributed by atoms with E-state index in [0.717, 1.165) is 16.5 Å². The molecule has 1 atom stereocenters. The number of benzene rings is 1. The number of aromatic amines is 1. The molecule has 2 rings (SSSR count). The maximum Gasteiger partial charge on any atom is 0.318 e. The van der Waals surface area contributed by atoms with Crippen molar-refractivity contribution in [3.63, 3.8) is 0 Å². The number of hydrogen-bond donors (Lipinski definition) is 2. The molecule has 0 spiro atoms. The highest BCUT2D eigenvalue weighted by molar-refractivity contribution is 5.84. The van der Waals surface area contributed by atoms with Crippen LogP contribution in [0.3, 0.4) is 0 Å². The fourth-order valence-electron chi connectivity index (χ4n) is 1.62. The lowest BCUT2D eigenvalue weighted by atomic mass is 10.1. The molecule has 78 valence electrons. The zero-order valence-electron chi connectivity index (χ0n) is 8.03. The molecule has 0 amide bonds. The number of carbonyl (C=O) groups excluding carboxylic acids is 1. The van der Waals surface area contributed by atoms with Gasteiger partial charge in [-0.3, -0.25) is 4.79 Å². The van der Waals surface area contributed by atoms with Gasteiger partial charge in [-0.15, -0.1) is 0 Å². The molecule has 0 aliphatic heterocycles. The molecule has 0 unspecified atom stereocenters. The molecule has 15 heavy (non-hydrogen) atoms. The molecule has 3 nitrogen and oxygen atoms in total. The van der Waals surface area contributed by atoms with Gasteiger partial charge in [0, 0.05) is 17.1 Å². The first-order chi connectivity index (χ1) is 7.18. The Balaban J connectivity index is 2.32. The van der Waals surface area contributed by atoms with Crippen molar-refractivity contribution in [2.75, 3.05) is 0 Å². The van der Waals surface area contributed by atoms with Gasteiger partial charge in [-0.1, -0.05) is 18.2 Å². The molecule has 0 bridgehead atoms. The van der Waals surface area contributed by atoms with E-state index < -0.39 is 12.1 Å². The van der Waals surface area contributed by atoms with Crippen molar-refractivity contribution in [2.45, 2.75) is 12.5 Å². The van der Waals surface area contributed by atoms with Crippen molar-refractivity contribution in [1.29, 1.82) is 0 Å². The van der Waals surface area contributed by atoms with Crippen LogP contribution in [0.25, 0.3) is 10.9 Å². The van der Waals surface area contributed by atoms with E-state index in [9.17, 15) is 9.18 Å². The number of hydrogen-bond acceptors (Lipinski definition) is 2. The summed E-state index contributed by atoms with van der Waals surface area (Å²) in [6, 6.07) is 5.09. The summed E-state index contributed by atoms with van der Waals surface area (Å²) in [6.07, 6.45) is 1.98. The number of fused-ring (bicyclic) bond motifs is 1. The molecule has 0 aliphatic carbocycles. The van der Waals surface area contributed by atoms with Crippen LogP contribution in [0.2, 0.25) is 0 Å². The minimum Gasteiger partial charge on any atom is -0.361 e. The number of halogens is 1. The first-order valence-corrected chi connectivity index (χ1v) is 4.68. The quantitative estimate of drug-likeness (QED) is 0.748. The van der Waals surface area contributed by atoms with Gasteiger partial charge in [0.25, 0.3) is 0 Å². The average molecular weight is 206 g/mol. The predicted molar refractivity (Wildman–Crippen MR) is 56.1 cm³/mol. The maximum absolute atomic E-state index is 12.3. The summed E-state index contributed by atoms with van der Waals surface area (Å²) in [5.74, 6) is 0. The van der Waals surface area contributed by atoms with E-state index in [2.05, 4.69) is 4.98 Å². The number of para-hydroxylation sites is 1. The summed E-state index contributed by atoms with van der Waals surface area (Å²) >= 11 is 0. The monoisotopic (exact) mass is 206 g/mol. The molecule has 1 heterocycles. The summed E-state index contributed by atoms with van der Waals surface area (Å²) in [7, 11) is 0. The van der Waals surface area contributed by atoms with Crippen molar-refractivity contribution in [3.8, 4) is 0 Å². The van der Waals surface area contributed by atoms with Crippen LogP contribution in [0.1, 0.15) is 5.56 Å². The summed E-state index contributed by atoms with van der Waals surface area (Å²) in [5, 5.41) is 0.981. The van der Waals surface area contributed by atoms with Crippen LogP contribution in [0.15, 0.2) is 30.5 Å². The van der Waals surface area contributed by atoms with Crippen LogP contribution in [0, 0.1) is 0 Å². The second-order valence-electron chi connectivity index (χ2n) is 3.47. The first kappa shape index (κ1) is 9.86. The van der Waals surface area contributed by atoms with E-state index in [1.165, 1.54) is 0 Å². The molecule has 0 saturated carbocycles. The number of nitrogens with one attached hydrogen (secondary N) is 1. The van der Waals surface area contributed by atoms with E-state index in [4.69, 9.17) is 5.73 Å². The van der Waals surface area contributed by atoms with Gasteiger partial charge < -0.3 is 10.7 Å². The molecule has 1 aromatic carbocycles. The van der Waals surface area contributed by atoms with E-state index in [1.54, 1.807) is 6.20 Å². The molecule has 0 fully saturated rings. The molecular weight excluding hydrogens is 195 g/mol. The van der Waals surface area contributed by atoms with Crippen molar-refractivity contribution >= 4 is 16.9 Å². The number of H-pyrrole nitrogens is 1. The van der Waals surface area contributed by atoms with Crippen LogP contribution >= 0.6 is 0 Å². The molecule has 2 aromatic rings. The van der Waals surface area contributed by atoms with Gasteiger partial charge in [0.2, 0.25) is 0 Å². The smallest absolute Gasteiger partial charge is 0.318 e. The molecule has 4 heteroatoms. The van der Waals surface area contributed by atoms with Crippen LogP contribution in [-0.4, -0.2) is 17.1 Å². The van der Waals surface area contributed by atoms with Gasteiger partial charge in [0.05, 0.1) is 0 Å². The minimum absolute atomic E-state index is 0.222. The zero-order chi connectivity index (χ0) is 10.8. The lowest BCUT2D eigenvalue weighted by Crippen LogP contribution is -2.29. The van der Waals surface area contributed by atoms with Crippen LogP contribution in [-0.2, 0) is 11.2 Å². The Kier molecular flexibility index (Phi) is 2.51. The largest absolute Gasteiger partial charge is 0.361 e. The average Bonchev–Trinajstić information content (AvgIpc) is 2.62. The van der Waals surface area contributed by atoms with E-state index >= 15 is 0 Å². The molecule has 1 aromatic heterocycles. The second-order valence-corrected chi connectivity index (χ2v) is 3.47. The summed E-state index contributed by atoms with van der Waals surface area (Å²) in [4.78, 5) is 13.4. The highest BCUT2D eigenvalue weighted by Gasteiger charge is 2.14. The maximum atomic E-state index is 12.3. The number of nitrogens with two attached hydrogens (primary N) is 1. The SMILES string of the molecule is N[C@@H](Cc1c[nH]c2ccccc12)C(=O)F. The van der Waals surface area contributed by atoms with Gasteiger partial charge in [0.15, 0.2) is 0 Å². The second kappa shape index (κ2) is 3.82. The van der Waals surface area contributed by atoms with Crippen LogP contribution in [0.4, 0.5) is 4.39 Å². The Morgan fingerprint density at radius 1 is 1.47 bits per heavy atom. The molecular formula is C11H11FN2O. The highest BCUT2D eigenvalue weighted by atomic mass is 19.1. The molecule has 0 radical (unpaired) electrons. The van der Waals surface area contributed by atoms with Gasteiger partial charge in [-0.2, -0.15) is 4.39 Å². The predicted octanol–water partition coefficient (Wildman–Crippen LogP) is 1.53. The van der Waals surface area contributed by atoms with Crippen molar-refractivity contribution < 1.29 is 9.18 Å². The van der Waals surface area contributed by atoms with Crippen molar-refractivity contribution in [3.05, 3.63) is 36.0 Å². The topological polar surface area (TPSA) is 58.9 Å². The Hall–Kier alpha value is -1.68. The standard InChI is InChI=1S/C11H11FN2O/c12-11(15)9(13)5-7-6-14-10-4-2-1-3-8(7)10/h1-4,6,9,14H,5,13H2/t9-/m0/s1. The third kappa shape index (κ3) is 1.89. The fourth-order valence-corrected chi connectivity index (χ4v) is 1.62. The van der Waals surface area contributed by atoms with Gasteiger partial charge >= 0.3 is 6.04 Å². The number of carbonyl (C=O) groups is 1. The van der Waals surface area contributed by atoms with Crippen LogP contribution in [0.5, 0.6) is 0 Å². The Morgan fingerprint density at radius 2 is 2.20 bits per heavy atom. The van der Waals surface area contributed by atoms with E-state index in [-0.39, 0.29) is 6.42 Å². The summed E-state index contributed by atoms with van der Waals surface area (Å²) in [5.41, 5.74) is 7.19. The lowest BCUT2D eigenvalue weighted by molar-refractivity contribution is -0.130. The van der Waals surface area contributed by atoms with Gasteiger partial charge in [-0.05, 0) is 18.1 Å². The number of aromatic nitrogens is 1. The summed E-state index contributed by atoms with van der Waals surface area (Å²) in [6.45, 7) is 0. The summed E-state index contributed by atoms with van der Waals surface area (Å²) < 4.78 is 12.3. The molecule has 3 N–H and O–H groups in total. The van der Waals surface area contributed by atoms with Gasteiger partial charge in [0.1, 0.15) is 6.04 Å². The van der Waals surface area contributed by atoms with Crippen molar-refractivity contribution in [1.82, 2.24) is 4.98 Å². The Bertz CT molecular complexity index is 492. The van der Waals surface area contributed by atoms with E-state index in [1.807, 2.05) is 24.3 Å². The zero-order valence-corrected chi connectivity index (χ0v) is 8.03. The molecule has 0 saturated heterocycles. The Morgan fingerprint density at radius 3 is 2.93 bits per heavy atom. The normalized spacial score (nSPS) is 12.9. The third-order valence-corrected chi connectivity index (χ3v) is 2.41. The third-order valence-electron chi connectivity index (χ3n) is 2.41. The van der Waals surface area contributed by atoms with Crippen LogP contribution < -0.4 is 5.73 Å².